The Morgan fingerprint density at radius 1 is 0.909 bits per heavy atom. The van der Waals surface area contributed by atoms with E-state index in [0.717, 1.165) is 20.4 Å². The van der Waals surface area contributed by atoms with E-state index < -0.39 is 0 Å². The van der Waals surface area contributed by atoms with E-state index in [0.29, 0.717) is 17.1 Å². The Morgan fingerprint density at radius 3 is 2.48 bits per heavy atom. The van der Waals surface area contributed by atoms with Crippen LogP contribution in [0.4, 0.5) is 5.69 Å². The van der Waals surface area contributed by atoms with Gasteiger partial charge in [-0.1, -0.05) is 30.3 Å². The van der Waals surface area contributed by atoms with Gasteiger partial charge in [-0.05, 0) is 89.5 Å². The van der Waals surface area contributed by atoms with E-state index in [9.17, 15) is 9.59 Å². The lowest BCUT2D eigenvalue weighted by molar-refractivity contribution is -0.123. The van der Waals surface area contributed by atoms with Crippen LogP contribution in [-0.2, 0) is 9.59 Å². The molecule has 0 fully saturated rings. The van der Waals surface area contributed by atoms with E-state index in [2.05, 4.69) is 38.4 Å². The molecule has 0 radical (unpaired) electrons. The number of rotatable bonds is 9. The van der Waals surface area contributed by atoms with Crippen molar-refractivity contribution in [3.63, 3.8) is 0 Å². The first-order chi connectivity index (χ1) is 15.9. The van der Waals surface area contributed by atoms with Crippen molar-refractivity contribution in [1.82, 2.24) is 5.43 Å². The van der Waals surface area contributed by atoms with Gasteiger partial charge in [-0.3, -0.25) is 9.59 Å². The maximum Gasteiger partial charge on any atom is 0.277 e. The van der Waals surface area contributed by atoms with Crippen molar-refractivity contribution in [2.24, 2.45) is 5.10 Å². The Morgan fingerprint density at radius 2 is 1.70 bits per heavy atom. The molecule has 0 saturated carbocycles. The number of ether oxygens (including phenoxy) is 2. The van der Waals surface area contributed by atoms with Crippen molar-refractivity contribution >= 4 is 46.3 Å². The first-order valence-electron chi connectivity index (χ1n) is 10.2. The number of para-hydroxylation sites is 1. The molecule has 3 rings (SSSR count). The number of carbonyl (C=O) groups is 2. The quantitative estimate of drug-likeness (QED) is 0.231. The summed E-state index contributed by atoms with van der Waals surface area (Å²) >= 11 is 2.14. The maximum absolute atomic E-state index is 12.2. The second-order valence-electron chi connectivity index (χ2n) is 7.22. The highest BCUT2D eigenvalue weighted by Crippen LogP contribution is 2.19. The van der Waals surface area contributed by atoms with E-state index >= 15 is 0 Å². The fourth-order valence-electron chi connectivity index (χ4n) is 2.77. The fourth-order valence-corrected chi connectivity index (χ4v) is 3.31. The number of hydrogen-bond acceptors (Lipinski definition) is 5. The largest absolute Gasteiger partial charge is 0.484 e. The fraction of sp³-hybridized carbons (Fsp3) is 0.160. The summed E-state index contributed by atoms with van der Waals surface area (Å²) in [6, 6.07) is 20.2. The van der Waals surface area contributed by atoms with Gasteiger partial charge in [0, 0.05) is 5.69 Å². The minimum Gasteiger partial charge on any atom is -0.484 e. The minimum atomic E-state index is -0.374. The van der Waals surface area contributed by atoms with Crippen LogP contribution in [0.5, 0.6) is 11.5 Å². The minimum absolute atomic E-state index is 0.125. The summed E-state index contributed by atoms with van der Waals surface area (Å²) in [5.74, 6) is 0.533. The highest BCUT2D eigenvalue weighted by atomic mass is 127. The molecule has 170 valence electrons. The van der Waals surface area contributed by atoms with E-state index in [1.54, 1.807) is 30.3 Å². The molecule has 0 bridgehead atoms. The Labute approximate surface area is 206 Å². The van der Waals surface area contributed by atoms with Crippen LogP contribution in [0.1, 0.15) is 16.7 Å². The summed E-state index contributed by atoms with van der Waals surface area (Å²) in [7, 11) is 0. The van der Waals surface area contributed by atoms with Gasteiger partial charge in [0.15, 0.2) is 13.2 Å². The summed E-state index contributed by atoms with van der Waals surface area (Å²) in [5.41, 5.74) is 6.13. The van der Waals surface area contributed by atoms with E-state index in [4.69, 9.17) is 9.47 Å². The number of halogens is 1. The predicted octanol–water partition coefficient (Wildman–Crippen LogP) is 4.45. The summed E-state index contributed by atoms with van der Waals surface area (Å²) in [6.45, 7) is 3.74. The van der Waals surface area contributed by atoms with Crippen LogP contribution in [0.25, 0.3) is 0 Å². The molecule has 0 spiro atoms. The molecule has 2 N–H and O–H groups in total. The molecule has 0 aliphatic heterocycles. The molecular weight excluding hydrogens is 533 g/mol. The number of carbonyl (C=O) groups excluding carboxylic acids is 2. The van der Waals surface area contributed by atoms with Crippen molar-refractivity contribution in [2.45, 2.75) is 13.8 Å². The number of anilines is 1. The van der Waals surface area contributed by atoms with Gasteiger partial charge in [0.25, 0.3) is 11.8 Å². The van der Waals surface area contributed by atoms with Crippen molar-refractivity contribution in [1.29, 1.82) is 0 Å². The van der Waals surface area contributed by atoms with Gasteiger partial charge in [-0.25, -0.2) is 5.43 Å². The van der Waals surface area contributed by atoms with Crippen LogP contribution < -0.4 is 20.2 Å². The second-order valence-corrected chi connectivity index (χ2v) is 8.38. The Balaban J connectivity index is 1.45. The van der Waals surface area contributed by atoms with Crippen LogP contribution in [0.15, 0.2) is 71.8 Å². The molecule has 0 saturated heterocycles. The lowest BCUT2D eigenvalue weighted by atomic mass is 10.1. The maximum atomic E-state index is 12.2. The van der Waals surface area contributed by atoms with Crippen LogP contribution >= 0.6 is 22.6 Å². The molecule has 0 aliphatic carbocycles. The average molecular weight is 557 g/mol. The van der Waals surface area contributed by atoms with Crippen LogP contribution in [-0.4, -0.2) is 31.2 Å². The van der Waals surface area contributed by atoms with Crippen molar-refractivity contribution in [2.75, 3.05) is 18.5 Å². The molecule has 0 aliphatic rings. The SMILES string of the molecule is Cc1ccc(NC(=O)COc2cccc(/C=N/NC(=O)COc3ccccc3I)c2)cc1C. The normalized spacial score (nSPS) is 10.6. The molecule has 0 aromatic heterocycles. The van der Waals surface area contributed by atoms with Crippen LogP contribution in [0.2, 0.25) is 0 Å². The highest BCUT2D eigenvalue weighted by molar-refractivity contribution is 14.1. The van der Waals surface area contributed by atoms with E-state index in [1.807, 2.05) is 50.2 Å². The van der Waals surface area contributed by atoms with Gasteiger partial charge < -0.3 is 14.8 Å². The first-order valence-corrected chi connectivity index (χ1v) is 11.3. The molecule has 3 aromatic carbocycles. The zero-order valence-electron chi connectivity index (χ0n) is 18.3. The number of hydrogen-bond donors (Lipinski definition) is 2. The molecule has 33 heavy (non-hydrogen) atoms. The standard InChI is InChI=1S/C25H24IN3O4/c1-17-10-11-20(12-18(17)2)28-24(30)15-32-21-7-5-6-19(13-21)14-27-29-25(31)16-33-23-9-4-3-8-22(23)26/h3-14H,15-16H2,1-2H3,(H,28,30)(H,29,31)/b27-14+. The lowest BCUT2D eigenvalue weighted by Crippen LogP contribution is -2.24. The molecular formula is C25H24IN3O4. The molecule has 0 heterocycles. The van der Waals surface area contributed by atoms with Crippen molar-refractivity contribution in [3.8, 4) is 11.5 Å². The average Bonchev–Trinajstić information content (AvgIpc) is 2.80. The molecule has 3 aromatic rings. The van der Waals surface area contributed by atoms with Crippen molar-refractivity contribution in [3.05, 3.63) is 87.0 Å². The Kier molecular flexibility index (Phi) is 8.82. The topological polar surface area (TPSA) is 89.0 Å². The highest BCUT2D eigenvalue weighted by Gasteiger charge is 2.06. The van der Waals surface area contributed by atoms with Crippen LogP contribution in [0.3, 0.4) is 0 Å². The lowest BCUT2D eigenvalue weighted by Gasteiger charge is -2.09. The molecule has 2 amide bonds. The van der Waals surface area contributed by atoms with E-state index in [-0.39, 0.29) is 25.0 Å². The number of aryl methyl sites for hydroxylation is 2. The number of amides is 2. The molecule has 0 atom stereocenters. The second kappa shape index (κ2) is 12.0. The zero-order valence-corrected chi connectivity index (χ0v) is 20.5. The number of nitrogens with zero attached hydrogens (tertiary/aromatic N) is 1. The summed E-state index contributed by atoms with van der Waals surface area (Å²) < 4.78 is 12.0. The first kappa shape index (κ1) is 24.2. The Hall–Kier alpha value is -3.40. The van der Waals surface area contributed by atoms with Gasteiger partial charge in [0.1, 0.15) is 11.5 Å². The van der Waals surface area contributed by atoms with E-state index in [1.165, 1.54) is 6.21 Å². The monoisotopic (exact) mass is 557 g/mol. The van der Waals surface area contributed by atoms with Gasteiger partial charge in [-0.2, -0.15) is 5.10 Å². The summed E-state index contributed by atoms with van der Waals surface area (Å²) in [4.78, 5) is 24.1. The number of hydrazone groups is 1. The third-order valence-corrected chi connectivity index (χ3v) is 5.51. The predicted molar refractivity (Wildman–Crippen MR) is 137 cm³/mol. The third kappa shape index (κ3) is 7.90. The van der Waals surface area contributed by atoms with Gasteiger partial charge in [-0.15, -0.1) is 0 Å². The van der Waals surface area contributed by atoms with Crippen LogP contribution in [0, 0.1) is 17.4 Å². The molecule has 8 heteroatoms. The molecule has 0 unspecified atom stereocenters. The third-order valence-electron chi connectivity index (χ3n) is 4.62. The zero-order chi connectivity index (χ0) is 23.6. The molecule has 7 nitrogen and oxygen atoms in total. The van der Waals surface area contributed by atoms with Crippen molar-refractivity contribution < 1.29 is 19.1 Å². The van der Waals surface area contributed by atoms with Gasteiger partial charge >= 0.3 is 0 Å². The summed E-state index contributed by atoms with van der Waals surface area (Å²) in [6.07, 6.45) is 1.49. The number of nitrogens with one attached hydrogen (secondary N) is 2. The summed E-state index contributed by atoms with van der Waals surface area (Å²) in [5, 5.41) is 6.76. The number of benzene rings is 3. The smallest absolute Gasteiger partial charge is 0.277 e. The Bertz CT molecular complexity index is 1160. The van der Waals surface area contributed by atoms with Gasteiger partial charge in [0.05, 0.1) is 9.78 Å². The van der Waals surface area contributed by atoms with Gasteiger partial charge in [0.2, 0.25) is 0 Å².